The summed E-state index contributed by atoms with van der Waals surface area (Å²) in [6.45, 7) is 5.44. The van der Waals surface area contributed by atoms with Gasteiger partial charge in [0.25, 0.3) is 0 Å². The number of esters is 1. The summed E-state index contributed by atoms with van der Waals surface area (Å²) in [4.78, 5) is 43.0. The zero-order valence-corrected chi connectivity index (χ0v) is 18.0. The number of amides is 2. The van der Waals surface area contributed by atoms with Crippen molar-refractivity contribution in [3.63, 3.8) is 0 Å². The molecule has 2 amide bonds. The van der Waals surface area contributed by atoms with Crippen LogP contribution in [-0.2, 0) is 24.7 Å². The Morgan fingerprint density at radius 3 is 2.40 bits per heavy atom. The fourth-order valence-corrected chi connectivity index (χ4v) is 6.35. The molecule has 3 aliphatic heterocycles. The second-order valence-corrected chi connectivity index (χ2v) is 10.3. The Hall–Kier alpha value is -2.51. The molecule has 156 valence electrons. The van der Waals surface area contributed by atoms with Crippen LogP contribution < -0.4 is 10.2 Å². The number of nitrogens with zero attached hydrogens (tertiary/aromatic N) is 1. The summed E-state index contributed by atoms with van der Waals surface area (Å²) >= 11 is 1.55. The number of benzene rings is 1. The van der Waals surface area contributed by atoms with Gasteiger partial charge in [-0.15, -0.1) is 11.3 Å². The summed E-state index contributed by atoms with van der Waals surface area (Å²) in [5.74, 6) is -2.44. The van der Waals surface area contributed by atoms with Gasteiger partial charge in [0.05, 0.1) is 23.1 Å². The minimum atomic E-state index is -1.20. The number of anilines is 1. The van der Waals surface area contributed by atoms with E-state index in [1.54, 1.807) is 35.6 Å². The predicted octanol–water partition coefficient (Wildman–Crippen LogP) is 3.23. The summed E-state index contributed by atoms with van der Waals surface area (Å²) in [6.07, 6.45) is 1.07. The topological polar surface area (TPSA) is 75.7 Å². The van der Waals surface area contributed by atoms with Crippen LogP contribution >= 0.6 is 11.3 Å². The quantitative estimate of drug-likeness (QED) is 0.605. The van der Waals surface area contributed by atoms with E-state index in [1.807, 2.05) is 44.4 Å². The Kier molecular flexibility index (Phi) is 4.05. The van der Waals surface area contributed by atoms with Crippen LogP contribution in [0.2, 0.25) is 0 Å². The van der Waals surface area contributed by atoms with Gasteiger partial charge in [0.1, 0.15) is 11.1 Å². The number of hydrogen-bond donors (Lipinski definition) is 1. The largest absolute Gasteiger partial charge is 0.459 e. The van der Waals surface area contributed by atoms with E-state index in [1.165, 1.54) is 4.90 Å². The summed E-state index contributed by atoms with van der Waals surface area (Å²) in [5.41, 5.74) is -2.07. The highest BCUT2D eigenvalue weighted by Gasteiger charge is 2.77. The predicted molar refractivity (Wildman–Crippen MR) is 113 cm³/mol. The van der Waals surface area contributed by atoms with Crippen LogP contribution in [0, 0.1) is 11.8 Å². The van der Waals surface area contributed by atoms with Crippen molar-refractivity contribution in [2.75, 3.05) is 4.90 Å². The first-order valence-electron chi connectivity index (χ1n) is 10.2. The molecule has 0 aliphatic carbocycles. The monoisotopic (exact) mass is 424 g/mol. The average molecular weight is 425 g/mol. The van der Waals surface area contributed by atoms with E-state index in [9.17, 15) is 14.4 Å². The fourth-order valence-electron chi connectivity index (χ4n) is 5.40. The highest BCUT2D eigenvalue weighted by atomic mass is 32.1. The molecular weight excluding hydrogens is 400 g/mol. The van der Waals surface area contributed by atoms with E-state index in [0.29, 0.717) is 18.5 Å². The van der Waals surface area contributed by atoms with Crippen molar-refractivity contribution in [2.45, 2.75) is 50.3 Å². The molecule has 30 heavy (non-hydrogen) atoms. The SMILES string of the molecule is CC(C)(C)OC(=O)[C@@]12CC[C@@](c3cccs3)(N1)[C@H]1C(=O)N(c3ccccc3)C(=O)[C@H]12. The second-order valence-electron chi connectivity index (χ2n) is 9.35. The smallest absolute Gasteiger partial charge is 0.327 e. The Bertz CT molecular complexity index is 1030. The Labute approximate surface area is 179 Å². The van der Waals surface area contributed by atoms with Crippen molar-refractivity contribution in [1.82, 2.24) is 5.32 Å². The molecular formula is C23H24N2O4S. The van der Waals surface area contributed by atoms with E-state index < -0.39 is 34.5 Å². The molecule has 4 atom stereocenters. The summed E-state index contributed by atoms with van der Waals surface area (Å²) in [6, 6.07) is 12.9. The second kappa shape index (κ2) is 6.25. The van der Waals surface area contributed by atoms with Crippen LogP contribution in [0.1, 0.15) is 38.5 Å². The minimum Gasteiger partial charge on any atom is -0.459 e. The van der Waals surface area contributed by atoms with Crippen LogP contribution in [-0.4, -0.2) is 28.9 Å². The molecule has 1 aromatic carbocycles. The number of para-hydroxylation sites is 1. The maximum atomic E-state index is 13.7. The molecule has 1 N–H and O–H groups in total. The van der Waals surface area contributed by atoms with Gasteiger partial charge in [0.15, 0.2) is 0 Å². The number of imide groups is 1. The first-order valence-corrected chi connectivity index (χ1v) is 11.1. The zero-order chi connectivity index (χ0) is 21.3. The number of carbonyl (C=O) groups excluding carboxylic acids is 3. The fraction of sp³-hybridized carbons (Fsp3) is 0.435. The molecule has 0 unspecified atom stereocenters. The lowest BCUT2D eigenvalue weighted by Gasteiger charge is -2.33. The molecule has 3 fully saturated rings. The molecule has 7 heteroatoms. The molecule has 0 radical (unpaired) electrons. The molecule has 3 saturated heterocycles. The standard InChI is InChI=1S/C23H24N2O4S/c1-21(2,3)29-20(28)23-12-11-22(24-23,15-10-7-13-30-15)16-17(23)19(27)25(18(16)26)14-8-5-4-6-9-14/h4-10,13,16-17,24H,11-12H2,1-3H3/t16-,17+,22+,23+/m1/s1. The first kappa shape index (κ1) is 19.5. The van der Waals surface area contributed by atoms with Crippen LogP contribution in [0.3, 0.4) is 0 Å². The first-order chi connectivity index (χ1) is 14.2. The molecule has 2 aromatic rings. The normalized spacial score (nSPS) is 32.6. The molecule has 4 heterocycles. The molecule has 0 spiro atoms. The molecule has 6 nitrogen and oxygen atoms in total. The van der Waals surface area contributed by atoms with Crippen LogP contribution in [0.25, 0.3) is 0 Å². The number of ether oxygens (including phenoxy) is 1. The van der Waals surface area contributed by atoms with Crippen LogP contribution in [0.15, 0.2) is 47.8 Å². The van der Waals surface area contributed by atoms with E-state index >= 15 is 0 Å². The lowest BCUT2D eigenvalue weighted by molar-refractivity contribution is -0.165. The number of carbonyl (C=O) groups is 3. The van der Waals surface area contributed by atoms with Gasteiger partial charge >= 0.3 is 5.97 Å². The van der Waals surface area contributed by atoms with E-state index in [2.05, 4.69) is 5.32 Å². The van der Waals surface area contributed by atoms with Crippen molar-refractivity contribution in [3.05, 3.63) is 52.7 Å². The highest BCUT2D eigenvalue weighted by Crippen LogP contribution is 2.62. The highest BCUT2D eigenvalue weighted by molar-refractivity contribution is 7.10. The van der Waals surface area contributed by atoms with Crippen molar-refractivity contribution < 1.29 is 19.1 Å². The van der Waals surface area contributed by atoms with E-state index in [0.717, 1.165) is 4.88 Å². The molecule has 1 aromatic heterocycles. The average Bonchev–Trinajstić information content (AvgIpc) is 3.44. The molecule has 2 bridgehead atoms. The number of hydrogen-bond acceptors (Lipinski definition) is 6. The maximum Gasteiger partial charge on any atom is 0.327 e. The van der Waals surface area contributed by atoms with Gasteiger partial charge in [-0.2, -0.15) is 0 Å². The van der Waals surface area contributed by atoms with Crippen molar-refractivity contribution in [2.24, 2.45) is 11.8 Å². The zero-order valence-electron chi connectivity index (χ0n) is 17.2. The van der Waals surface area contributed by atoms with Crippen molar-refractivity contribution >= 4 is 34.8 Å². The van der Waals surface area contributed by atoms with Gasteiger partial charge in [0.2, 0.25) is 11.8 Å². The third kappa shape index (κ3) is 2.48. The molecule has 0 saturated carbocycles. The van der Waals surface area contributed by atoms with Gasteiger partial charge in [-0.3, -0.25) is 19.7 Å². The molecule has 3 aliphatic rings. The van der Waals surface area contributed by atoms with Crippen LogP contribution in [0.4, 0.5) is 5.69 Å². The van der Waals surface area contributed by atoms with Gasteiger partial charge in [-0.1, -0.05) is 24.3 Å². The van der Waals surface area contributed by atoms with Gasteiger partial charge in [-0.05, 0) is 57.2 Å². The summed E-state index contributed by atoms with van der Waals surface area (Å²) < 4.78 is 5.76. The minimum absolute atomic E-state index is 0.248. The van der Waals surface area contributed by atoms with E-state index in [-0.39, 0.29) is 11.8 Å². The van der Waals surface area contributed by atoms with Crippen LogP contribution in [0.5, 0.6) is 0 Å². The maximum absolute atomic E-state index is 13.7. The van der Waals surface area contributed by atoms with Gasteiger partial charge in [-0.25, -0.2) is 4.90 Å². The third-order valence-electron chi connectivity index (χ3n) is 6.47. The third-order valence-corrected chi connectivity index (χ3v) is 7.51. The van der Waals surface area contributed by atoms with Gasteiger partial charge in [0, 0.05) is 4.88 Å². The number of fused-ring (bicyclic) bond motifs is 5. The molecule has 5 rings (SSSR count). The lowest BCUT2D eigenvalue weighted by atomic mass is 9.67. The van der Waals surface area contributed by atoms with Crippen molar-refractivity contribution in [1.29, 1.82) is 0 Å². The number of rotatable bonds is 3. The summed E-state index contributed by atoms with van der Waals surface area (Å²) in [5, 5.41) is 5.44. The number of thiophene rings is 1. The number of nitrogens with one attached hydrogen (secondary N) is 1. The Balaban J connectivity index is 1.65. The van der Waals surface area contributed by atoms with Gasteiger partial charge < -0.3 is 4.74 Å². The van der Waals surface area contributed by atoms with E-state index in [4.69, 9.17) is 4.74 Å². The Morgan fingerprint density at radius 1 is 1.07 bits per heavy atom. The summed E-state index contributed by atoms with van der Waals surface area (Å²) in [7, 11) is 0. The van der Waals surface area contributed by atoms with Crippen molar-refractivity contribution in [3.8, 4) is 0 Å². The lowest BCUT2D eigenvalue weighted by Crippen LogP contribution is -2.56. The Morgan fingerprint density at radius 2 is 1.77 bits per heavy atom.